The van der Waals surface area contributed by atoms with Gasteiger partial charge < -0.3 is 5.32 Å². The van der Waals surface area contributed by atoms with E-state index in [1.807, 2.05) is 0 Å². The number of nitrogens with one attached hydrogen (secondary N) is 1. The molecule has 0 atom stereocenters. The van der Waals surface area contributed by atoms with E-state index in [0.717, 1.165) is 50.2 Å². The van der Waals surface area contributed by atoms with Crippen LogP contribution in [0.2, 0.25) is 0 Å². The molecule has 1 amide bonds. The topological polar surface area (TPSA) is 49.4 Å². The molecule has 5 aliphatic rings. The molecular formula is C27H38N2O2. The number of ketones is 1. The predicted molar refractivity (Wildman–Crippen MR) is 122 cm³/mol. The minimum atomic E-state index is 0.119. The highest BCUT2D eigenvalue weighted by atomic mass is 16.2. The summed E-state index contributed by atoms with van der Waals surface area (Å²) in [5, 5.41) is 2.99. The van der Waals surface area contributed by atoms with Gasteiger partial charge in [0.25, 0.3) is 0 Å². The number of rotatable bonds is 8. The highest BCUT2D eigenvalue weighted by Gasteiger charge is 2.51. The average molecular weight is 423 g/mol. The lowest BCUT2D eigenvalue weighted by molar-refractivity contribution is -0.131. The van der Waals surface area contributed by atoms with Crippen LogP contribution in [0.25, 0.3) is 0 Å². The van der Waals surface area contributed by atoms with Crippen molar-refractivity contribution in [3.8, 4) is 0 Å². The molecule has 4 nitrogen and oxygen atoms in total. The number of likely N-dealkylation sites (tertiary alicyclic amines) is 1. The molecule has 0 radical (unpaired) electrons. The maximum absolute atomic E-state index is 12.7. The van der Waals surface area contributed by atoms with Crippen LogP contribution in [0.1, 0.15) is 69.8 Å². The maximum atomic E-state index is 12.7. The van der Waals surface area contributed by atoms with E-state index in [9.17, 15) is 9.59 Å². The lowest BCUT2D eigenvalue weighted by atomic mass is 9.49. The number of hydrogen-bond donors (Lipinski definition) is 1. The van der Waals surface area contributed by atoms with E-state index in [0.29, 0.717) is 18.8 Å². The second kappa shape index (κ2) is 9.05. The summed E-state index contributed by atoms with van der Waals surface area (Å²) in [6.07, 6.45) is 11.4. The van der Waals surface area contributed by atoms with Crippen molar-refractivity contribution in [2.45, 2.75) is 70.8 Å². The molecule has 0 unspecified atom stereocenters. The molecule has 4 heteroatoms. The van der Waals surface area contributed by atoms with Gasteiger partial charge in [-0.15, -0.1) is 0 Å². The van der Waals surface area contributed by atoms with Gasteiger partial charge in [0.2, 0.25) is 5.91 Å². The lowest BCUT2D eigenvalue weighted by Gasteiger charge is -2.56. The summed E-state index contributed by atoms with van der Waals surface area (Å²) >= 11 is 0. The summed E-state index contributed by atoms with van der Waals surface area (Å²) in [5.41, 5.74) is 1.62. The first-order chi connectivity index (χ1) is 15.1. The predicted octanol–water partition coefficient (Wildman–Crippen LogP) is 4.58. The summed E-state index contributed by atoms with van der Waals surface area (Å²) in [7, 11) is 0. The molecule has 0 aromatic heterocycles. The first-order valence-electron chi connectivity index (χ1n) is 12.6. The Kier molecular flexibility index (Phi) is 6.19. The third-order valence-corrected chi connectivity index (χ3v) is 8.66. The van der Waals surface area contributed by atoms with Crippen LogP contribution in [0.15, 0.2) is 30.3 Å². The Hall–Kier alpha value is -1.68. The molecule has 6 rings (SSSR count). The minimum Gasteiger partial charge on any atom is -0.349 e. The van der Waals surface area contributed by atoms with E-state index in [1.54, 1.807) is 0 Å². The molecular weight excluding hydrogens is 384 g/mol. The Morgan fingerprint density at radius 3 is 2.16 bits per heavy atom. The zero-order valence-corrected chi connectivity index (χ0v) is 18.9. The molecule has 1 N–H and O–H groups in total. The standard InChI is InChI=1S/C27H38N2O2/c30-25(13-20-6-8-29(9-7-20)19-21-4-2-1-3-5-21)18-28-26(31)17-27-14-22-10-23(15-27)12-24(11-22)16-27/h1-5,20,22-24H,6-19H2,(H,28,31). The van der Waals surface area contributed by atoms with Crippen molar-refractivity contribution < 1.29 is 9.59 Å². The normalized spacial score (nSPS) is 32.8. The Labute approximate surface area is 187 Å². The van der Waals surface area contributed by atoms with E-state index in [-0.39, 0.29) is 23.7 Å². The van der Waals surface area contributed by atoms with Crippen molar-refractivity contribution in [2.75, 3.05) is 19.6 Å². The SMILES string of the molecule is O=C(CNC(=O)CC12CC3CC(CC(C3)C1)C2)CC1CCN(Cc2ccccc2)CC1. The second-order valence-electron chi connectivity index (χ2n) is 11.3. The summed E-state index contributed by atoms with van der Waals surface area (Å²) in [5.74, 6) is 3.41. The van der Waals surface area contributed by atoms with E-state index in [2.05, 4.69) is 40.5 Å². The van der Waals surface area contributed by atoms with Crippen LogP contribution in [-0.2, 0) is 16.1 Å². The van der Waals surface area contributed by atoms with Crippen LogP contribution >= 0.6 is 0 Å². The molecule has 0 spiro atoms. The molecule has 1 saturated heterocycles. The van der Waals surface area contributed by atoms with Gasteiger partial charge in [0.15, 0.2) is 5.78 Å². The van der Waals surface area contributed by atoms with Gasteiger partial charge in [-0.1, -0.05) is 30.3 Å². The van der Waals surface area contributed by atoms with Gasteiger partial charge in [0.1, 0.15) is 0 Å². The molecule has 1 heterocycles. The maximum Gasteiger partial charge on any atom is 0.220 e. The summed E-state index contributed by atoms with van der Waals surface area (Å²) in [6.45, 7) is 3.35. The first kappa shape index (κ1) is 21.2. The van der Waals surface area contributed by atoms with Crippen LogP contribution in [0.5, 0.6) is 0 Å². The van der Waals surface area contributed by atoms with Crippen molar-refractivity contribution in [3.05, 3.63) is 35.9 Å². The molecule has 168 valence electrons. The van der Waals surface area contributed by atoms with Crippen molar-refractivity contribution >= 4 is 11.7 Å². The van der Waals surface area contributed by atoms with Gasteiger partial charge in [-0.05, 0) is 99.1 Å². The number of carbonyl (C=O) groups excluding carboxylic acids is 2. The molecule has 4 aliphatic carbocycles. The van der Waals surface area contributed by atoms with Gasteiger partial charge in [-0.25, -0.2) is 0 Å². The van der Waals surface area contributed by atoms with E-state index < -0.39 is 0 Å². The van der Waals surface area contributed by atoms with Crippen molar-refractivity contribution in [1.29, 1.82) is 0 Å². The number of amides is 1. The zero-order chi connectivity index (χ0) is 21.3. The molecule has 1 aromatic carbocycles. The first-order valence-corrected chi connectivity index (χ1v) is 12.6. The van der Waals surface area contributed by atoms with Gasteiger partial charge >= 0.3 is 0 Å². The number of piperidine rings is 1. The molecule has 1 aliphatic heterocycles. The Balaban J connectivity index is 1.01. The summed E-state index contributed by atoms with van der Waals surface area (Å²) < 4.78 is 0. The van der Waals surface area contributed by atoms with Crippen molar-refractivity contribution in [2.24, 2.45) is 29.1 Å². The third kappa shape index (κ3) is 5.22. The fourth-order valence-electron chi connectivity index (χ4n) is 7.69. The van der Waals surface area contributed by atoms with Gasteiger partial charge in [-0.2, -0.15) is 0 Å². The van der Waals surface area contributed by atoms with Crippen LogP contribution in [0.4, 0.5) is 0 Å². The third-order valence-electron chi connectivity index (χ3n) is 8.66. The van der Waals surface area contributed by atoms with Crippen LogP contribution in [0, 0.1) is 29.1 Å². The second-order valence-corrected chi connectivity index (χ2v) is 11.3. The monoisotopic (exact) mass is 422 g/mol. The highest BCUT2D eigenvalue weighted by Crippen LogP contribution is 2.61. The molecule has 1 aromatic rings. The molecule has 5 fully saturated rings. The number of benzene rings is 1. The van der Waals surface area contributed by atoms with Crippen molar-refractivity contribution in [1.82, 2.24) is 10.2 Å². The zero-order valence-electron chi connectivity index (χ0n) is 18.9. The summed E-state index contributed by atoms with van der Waals surface area (Å²) in [6, 6.07) is 10.6. The quantitative estimate of drug-likeness (QED) is 0.667. The van der Waals surface area contributed by atoms with Gasteiger partial charge in [0.05, 0.1) is 6.54 Å². The largest absolute Gasteiger partial charge is 0.349 e. The highest BCUT2D eigenvalue weighted by molar-refractivity contribution is 5.86. The molecule has 4 saturated carbocycles. The van der Waals surface area contributed by atoms with Crippen LogP contribution in [0.3, 0.4) is 0 Å². The molecule has 31 heavy (non-hydrogen) atoms. The molecule has 4 bridgehead atoms. The van der Waals surface area contributed by atoms with E-state index in [4.69, 9.17) is 0 Å². The minimum absolute atomic E-state index is 0.119. The van der Waals surface area contributed by atoms with Gasteiger partial charge in [0, 0.05) is 19.4 Å². The number of Topliss-reactive ketones (excluding diaryl/α,β-unsaturated/α-hetero) is 1. The van der Waals surface area contributed by atoms with Crippen molar-refractivity contribution in [3.63, 3.8) is 0 Å². The Morgan fingerprint density at radius 2 is 1.55 bits per heavy atom. The fraction of sp³-hybridized carbons (Fsp3) is 0.704. The van der Waals surface area contributed by atoms with E-state index in [1.165, 1.54) is 44.1 Å². The number of nitrogens with zero attached hydrogens (tertiary/aromatic N) is 1. The van der Waals surface area contributed by atoms with Crippen LogP contribution < -0.4 is 5.32 Å². The number of carbonyl (C=O) groups is 2. The average Bonchev–Trinajstić information content (AvgIpc) is 2.73. The van der Waals surface area contributed by atoms with Crippen LogP contribution in [-0.4, -0.2) is 36.2 Å². The Bertz CT molecular complexity index is 746. The smallest absolute Gasteiger partial charge is 0.220 e. The lowest BCUT2D eigenvalue weighted by Crippen LogP contribution is -2.48. The van der Waals surface area contributed by atoms with Gasteiger partial charge in [-0.3, -0.25) is 14.5 Å². The Morgan fingerprint density at radius 1 is 0.935 bits per heavy atom. The number of hydrogen-bond acceptors (Lipinski definition) is 3. The van der Waals surface area contributed by atoms with E-state index >= 15 is 0 Å². The summed E-state index contributed by atoms with van der Waals surface area (Å²) in [4.78, 5) is 27.7. The fourth-order valence-corrected chi connectivity index (χ4v) is 7.69.